The molecule has 0 saturated carbocycles. The molecule has 0 radical (unpaired) electrons. The van der Waals surface area contributed by atoms with Gasteiger partial charge in [0.1, 0.15) is 11.7 Å². The Morgan fingerprint density at radius 3 is 2.56 bits per heavy atom. The molecule has 0 saturated heterocycles. The van der Waals surface area contributed by atoms with Crippen molar-refractivity contribution in [2.45, 2.75) is 19.9 Å². The van der Waals surface area contributed by atoms with Crippen LogP contribution in [0.2, 0.25) is 0 Å². The smallest absolute Gasteiger partial charge is 0.326 e. The van der Waals surface area contributed by atoms with Gasteiger partial charge in [0.25, 0.3) is 5.91 Å². The largest absolute Gasteiger partial charge is 0.480 e. The van der Waals surface area contributed by atoms with Crippen LogP contribution >= 0.6 is 0 Å². The van der Waals surface area contributed by atoms with Crippen molar-refractivity contribution in [1.82, 2.24) is 9.88 Å². The highest BCUT2D eigenvalue weighted by molar-refractivity contribution is 5.94. The fourth-order valence-electron chi connectivity index (χ4n) is 1.18. The maximum absolute atomic E-state index is 11.8. The van der Waals surface area contributed by atoms with Gasteiger partial charge in [0.05, 0.1) is 0 Å². The number of likely N-dealkylation sites (N-methyl/N-ethyl adjacent to an activating group) is 1. The molecule has 0 fully saturated rings. The quantitative estimate of drug-likeness (QED) is 0.826. The number of carboxylic acids is 1. The summed E-state index contributed by atoms with van der Waals surface area (Å²) in [6.45, 7) is 3.23. The fourth-order valence-corrected chi connectivity index (χ4v) is 1.18. The number of pyridine rings is 1. The molecule has 5 nitrogen and oxygen atoms in total. The summed E-state index contributed by atoms with van der Waals surface area (Å²) in [5, 5.41) is 8.79. The summed E-state index contributed by atoms with van der Waals surface area (Å²) in [5.74, 6) is -1.43. The molecule has 1 N–H and O–H groups in total. The SMILES string of the molecule is Cc1cccc(C(=O)N(C)C(C)C(=O)O)n1. The first-order valence-corrected chi connectivity index (χ1v) is 4.87. The summed E-state index contributed by atoms with van der Waals surface area (Å²) in [5.41, 5.74) is 0.984. The van der Waals surface area contributed by atoms with Crippen LogP contribution in [0.1, 0.15) is 23.1 Å². The van der Waals surface area contributed by atoms with Crippen LogP contribution in [0, 0.1) is 6.92 Å². The summed E-state index contributed by atoms with van der Waals surface area (Å²) < 4.78 is 0. The molecule has 1 atom stereocenters. The van der Waals surface area contributed by atoms with Crippen molar-refractivity contribution in [2.24, 2.45) is 0 Å². The van der Waals surface area contributed by atoms with Crippen LogP contribution in [0.15, 0.2) is 18.2 Å². The average molecular weight is 222 g/mol. The van der Waals surface area contributed by atoms with E-state index in [9.17, 15) is 9.59 Å². The van der Waals surface area contributed by atoms with Crippen LogP contribution < -0.4 is 0 Å². The van der Waals surface area contributed by atoms with E-state index in [0.717, 1.165) is 10.6 Å². The third-order valence-electron chi connectivity index (χ3n) is 2.37. The fraction of sp³-hybridized carbons (Fsp3) is 0.364. The number of hydrogen-bond donors (Lipinski definition) is 1. The lowest BCUT2D eigenvalue weighted by molar-refractivity contribution is -0.141. The van der Waals surface area contributed by atoms with Crippen molar-refractivity contribution < 1.29 is 14.7 Å². The van der Waals surface area contributed by atoms with Crippen molar-refractivity contribution in [3.63, 3.8) is 0 Å². The van der Waals surface area contributed by atoms with E-state index >= 15 is 0 Å². The molecule has 1 aromatic heterocycles. The third-order valence-corrected chi connectivity index (χ3v) is 2.37. The molecule has 1 unspecified atom stereocenters. The molecule has 1 aromatic rings. The molecule has 0 aromatic carbocycles. The van der Waals surface area contributed by atoms with Gasteiger partial charge in [0.15, 0.2) is 0 Å². The highest BCUT2D eigenvalue weighted by Crippen LogP contribution is 2.05. The van der Waals surface area contributed by atoms with E-state index in [-0.39, 0.29) is 5.69 Å². The maximum atomic E-state index is 11.8. The third kappa shape index (κ3) is 2.56. The predicted molar refractivity (Wildman–Crippen MR) is 58.2 cm³/mol. The number of carboxylic acid groups (broad SMARTS) is 1. The molecule has 0 aliphatic carbocycles. The van der Waals surface area contributed by atoms with Gasteiger partial charge in [-0.3, -0.25) is 4.79 Å². The summed E-state index contributed by atoms with van der Waals surface area (Å²) in [6, 6.07) is 4.20. The number of rotatable bonds is 3. The van der Waals surface area contributed by atoms with E-state index in [1.165, 1.54) is 14.0 Å². The molecule has 0 aliphatic heterocycles. The Balaban J connectivity index is 2.90. The Labute approximate surface area is 93.7 Å². The molecule has 5 heteroatoms. The minimum Gasteiger partial charge on any atom is -0.480 e. The van der Waals surface area contributed by atoms with E-state index in [4.69, 9.17) is 5.11 Å². The number of aliphatic carboxylic acids is 1. The lowest BCUT2D eigenvalue weighted by atomic mass is 10.2. The highest BCUT2D eigenvalue weighted by Gasteiger charge is 2.23. The second-order valence-electron chi connectivity index (χ2n) is 3.59. The highest BCUT2D eigenvalue weighted by atomic mass is 16.4. The number of aryl methyl sites for hydroxylation is 1. The molecule has 0 bridgehead atoms. The molecule has 0 spiro atoms. The Kier molecular flexibility index (Phi) is 3.60. The van der Waals surface area contributed by atoms with Crippen molar-refractivity contribution >= 4 is 11.9 Å². The van der Waals surface area contributed by atoms with Crippen molar-refractivity contribution in [3.8, 4) is 0 Å². The van der Waals surface area contributed by atoms with Gasteiger partial charge < -0.3 is 10.0 Å². The van der Waals surface area contributed by atoms with E-state index < -0.39 is 17.9 Å². The summed E-state index contributed by atoms with van der Waals surface area (Å²) in [6.07, 6.45) is 0. The van der Waals surface area contributed by atoms with Crippen LogP contribution in [-0.2, 0) is 4.79 Å². The molecule has 1 rings (SSSR count). The number of hydrogen-bond acceptors (Lipinski definition) is 3. The maximum Gasteiger partial charge on any atom is 0.326 e. The van der Waals surface area contributed by atoms with Gasteiger partial charge >= 0.3 is 5.97 Å². The van der Waals surface area contributed by atoms with Crippen molar-refractivity contribution in [3.05, 3.63) is 29.6 Å². The first-order valence-electron chi connectivity index (χ1n) is 4.87. The zero-order valence-corrected chi connectivity index (χ0v) is 9.47. The zero-order valence-electron chi connectivity index (χ0n) is 9.47. The lowest BCUT2D eigenvalue weighted by Gasteiger charge is -2.20. The molecular weight excluding hydrogens is 208 g/mol. The first kappa shape index (κ1) is 12.2. The van der Waals surface area contributed by atoms with Gasteiger partial charge in [-0.1, -0.05) is 6.07 Å². The van der Waals surface area contributed by atoms with Crippen molar-refractivity contribution in [1.29, 1.82) is 0 Å². The summed E-state index contributed by atoms with van der Waals surface area (Å²) >= 11 is 0. The Bertz CT molecular complexity index is 417. The standard InChI is InChI=1S/C11H14N2O3/c1-7-5-4-6-9(12-7)10(14)13(3)8(2)11(15)16/h4-6,8H,1-3H3,(H,15,16). The minimum atomic E-state index is -1.04. The molecule has 86 valence electrons. The normalized spacial score (nSPS) is 11.9. The van der Waals surface area contributed by atoms with Crippen LogP contribution in [0.5, 0.6) is 0 Å². The molecular formula is C11H14N2O3. The topological polar surface area (TPSA) is 70.5 Å². The van der Waals surface area contributed by atoms with E-state index in [1.807, 2.05) is 0 Å². The number of aromatic nitrogens is 1. The number of carbonyl (C=O) groups is 2. The molecule has 16 heavy (non-hydrogen) atoms. The predicted octanol–water partition coefficient (Wildman–Crippen LogP) is 0.935. The summed E-state index contributed by atoms with van der Waals surface area (Å²) in [4.78, 5) is 27.8. The van der Waals surface area contributed by atoms with Crippen LogP contribution in [0.3, 0.4) is 0 Å². The van der Waals surface area contributed by atoms with Crippen LogP contribution in [0.4, 0.5) is 0 Å². The first-order chi connectivity index (χ1) is 7.43. The minimum absolute atomic E-state index is 0.260. The molecule has 1 heterocycles. The number of nitrogens with zero attached hydrogens (tertiary/aromatic N) is 2. The Morgan fingerprint density at radius 1 is 1.44 bits per heavy atom. The van der Waals surface area contributed by atoms with Gasteiger partial charge in [-0.25, -0.2) is 9.78 Å². The molecule has 0 aliphatic rings. The van der Waals surface area contributed by atoms with Gasteiger partial charge in [-0.2, -0.15) is 0 Å². The lowest BCUT2D eigenvalue weighted by Crippen LogP contribution is -2.40. The summed E-state index contributed by atoms with van der Waals surface area (Å²) in [7, 11) is 1.45. The van der Waals surface area contributed by atoms with Gasteiger partial charge in [0, 0.05) is 12.7 Å². The monoisotopic (exact) mass is 222 g/mol. The number of amides is 1. The van der Waals surface area contributed by atoms with Gasteiger partial charge in [-0.05, 0) is 26.0 Å². The van der Waals surface area contributed by atoms with Crippen LogP contribution in [-0.4, -0.2) is 40.0 Å². The molecule has 1 amide bonds. The van der Waals surface area contributed by atoms with E-state index in [2.05, 4.69) is 4.98 Å². The van der Waals surface area contributed by atoms with E-state index in [1.54, 1.807) is 25.1 Å². The Morgan fingerprint density at radius 2 is 2.06 bits per heavy atom. The van der Waals surface area contributed by atoms with Crippen LogP contribution in [0.25, 0.3) is 0 Å². The van der Waals surface area contributed by atoms with E-state index in [0.29, 0.717) is 0 Å². The second-order valence-corrected chi connectivity index (χ2v) is 3.59. The van der Waals surface area contributed by atoms with Crippen molar-refractivity contribution in [2.75, 3.05) is 7.05 Å². The Hall–Kier alpha value is -1.91. The zero-order chi connectivity index (χ0) is 12.3. The number of carbonyl (C=O) groups excluding carboxylic acids is 1. The second kappa shape index (κ2) is 4.74. The van der Waals surface area contributed by atoms with Gasteiger partial charge in [-0.15, -0.1) is 0 Å². The average Bonchev–Trinajstić information content (AvgIpc) is 2.26. The van der Waals surface area contributed by atoms with Gasteiger partial charge in [0.2, 0.25) is 0 Å².